The van der Waals surface area contributed by atoms with Gasteiger partial charge in [-0.15, -0.1) is 0 Å². The van der Waals surface area contributed by atoms with Crippen molar-refractivity contribution in [1.29, 1.82) is 0 Å². The number of anilines is 1. The molecule has 5 nitrogen and oxygen atoms in total. The Kier molecular flexibility index (Phi) is 5.35. The number of benzene rings is 3. The number of imide groups is 1. The molecule has 0 aliphatic carbocycles. The van der Waals surface area contributed by atoms with Gasteiger partial charge in [-0.2, -0.15) is 0 Å². The maximum absolute atomic E-state index is 13.3. The van der Waals surface area contributed by atoms with Crippen LogP contribution in [0.15, 0.2) is 84.6 Å². The van der Waals surface area contributed by atoms with Crippen molar-refractivity contribution in [3.05, 3.63) is 101 Å². The highest BCUT2D eigenvalue weighted by Crippen LogP contribution is 2.32. The number of methoxy groups -OCH3 is 1. The molecular formula is C25H22N2O3. The van der Waals surface area contributed by atoms with E-state index in [0.29, 0.717) is 16.9 Å². The molecule has 3 aromatic rings. The molecule has 0 aromatic heterocycles. The van der Waals surface area contributed by atoms with Gasteiger partial charge in [-0.1, -0.05) is 60.7 Å². The lowest BCUT2D eigenvalue weighted by Crippen LogP contribution is -2.32. The van der Waals surface area contributed by atoms with Crippen molar-refractivity contribution in [2.75, 3.05) is 12.4 Å². The fourth-order valence-electron chi connectivity index (χ4n) is 3.47. The molecule has 150 valence electrons. The molecule has 0 unspecified atom stereocenters. The first-order chi connectivity index (χ1) is 14.6. The zero-order valence-electron chi connectivity index (χ0n) is 16.9. The molecule has 0 fully saturated rings. The fourth-order valence-corrected chi connectivity index (χ4v) is 3.47. The van der Waals surface area contributed by atoms with Crippen molar-refractivity contribution < 1.29 is 14.3 Å². The minimum Gasteiger partial charge on any atom is -0.497 e. The summed E-state index contributed by atoms with van der Waals surface area (Å²) in [5.41, 5.74) is 3.99. The van der Waals surface area contributed by atoms with Gasteiger partial charge in [-0.05, 0) is 41.8 Å². The molecule has 1 N–H and O–H groups in total. The summed E-state index contributed by atoms with van der Waals surface area (Å²) >= 11 is 0. The molecular weight excluding hydrogens is 376 g/mol. The molecule has 30 heavy (non-hydrogen) atoms. The summed E-state index contributed by atoms with van der Waals surface area (Å²) in [5.74, 6) is 0.0358. The van der Waals surface area contributed by atoms with Gasteiger partial charge in [0, 0.05) is 5.69 Å². The Morgan fingerprint density at radius 3 is 2.17 bits per heavy atom. The lowest BCUT2D eigenvalue weighted by Gasteiger charge is -2.15. The van der Waals surface area contributed by atoms with Crippen LogP contribution < -0.4 is 10.1 Å². The summed E-state index contributed by atoms with van der Waals surface area (Å²) in [6.45, 7) is 2.18. The Balaban J connectivity index is 1.76. The highest BCUT2D eigenvalue weighted by Gasteiger charge is 2.39. The van der Waals surface area contributed by atoms with Crippen LogP contribution in [0.3, 0.4) is 0 Å². The second-order valence-electron chi connectivity index (χ2n) is 7.10. The van der Waals surface area contributed by atoms with Gasteiger partial charge in [0.15, 0.2) is 0 Å². The molecule has 1 aliphatic heterocycles. The first kappa shape index (κ1) is 19.5. The van der Waals surface area contributed by atoms with Crippen LogP contribution in [-0.4, -0.2) is 23.8 Å². The van der Waals surface area contributed by atoms with Crippen LogP contribution in [0.2, 0.25) is 0 Å². The van der Waals surface area contributed by atoms with E-state index in [0.717, 1.165) is 16.8 Å². The van der Waals surface area contributed by atoms with Crippen molar-refractivity contribution in [3.8, 4) is 5.75 Å². The van der Waals surface area contributed by atoms with E-state index in [-0.39, 0.29) is 24.1 Å². The minimum absolute atomic E-state index is 0.219. The third kappa shape index (κ3) is 3.70. The van der Waals surface area contributed by atoms with Gasteiger partial charge in [0.2, 0.25) is 0 Å². The molecule has 2 amide bonds. The second-order valence-corrected chi connectivity index (χ2v) is 7.10. The number of hydrogen-bond acceptors (Lipinski definition) is 4. The maximum Gasteiger partial charge on any atom is 0.278 e. The smallest absolute Gasteiger partial charge is 0.278 e. The van der Waals surface area contributed by atoms with Gasteiger partial charge >= 0.3 is 0 Å². The molecule has 5 heteroatoms. The number of rotatable bonds is 6. The average molecular weight is 398 g/mol. The Labute approximate surface area is 175 Å². The monoisotopic (exact) mass is 398 g/mol. The van der Waals surface area contributed by atoms with Gasteiger partial charge in [0.25, 0.3) is 11.8 Å². The molecule has 3 aromatic carbocycles. The van der Waals surface area contributed by atoms with Crippen molar-refractivity contribution in [2.45, 2.75) is 13.5 Å². The summed E-state index contributed by atoms with van der Waals surface area (Å²) < 4.78 is 5.22. The van der Waals surface area contributed by atoms with Crippen LogP contribution in [0.5, 0.6) is 5.75 Å². The van der Waals surface area contributed by atoms with Crippen LogP contribution in [0.4, 0.5) is 5.69 Å². The van der Waals surface area contributed by atoms with E-state index in [1.807, 2.05) is 61.5 Å². The van der Waals surface area contributed by atoms with E-state index in [4.69, 9.17) is 4.74 Å². The van der Waals surface area contributed by atoms with Crippen molar-refractivity contribution in [3.63, 3.8) is 0 Å². The molecule has 0 atom stereocenters. The SMILES string of the molecule is COc1ccc(C2=C(Nc3ccccc3C)C(=O)N(Cc3ccccc3)C2=O)cc1. The summed E-state index contributed by atoms with van der Waals surface area (Å²) in [4.78, 5) is 27.9. The number of amides is 2. The number of nitrogens with one attached hydrogen (secondary N) is 1. The van der Waals surface area contributed by atoms with Crippen LogP contribution in [0.25, 0.3) is 5.57 Å². The number of hydrogen-bond donors (Lipinski definition) is 1. The lowest BCUT2D eigenvalue weighted by molar-refractivity contribution is -0.137. The van der Waals surface area contributed by atoms with Crippen molar-refractivity contribution >= 4 is 23.1 Å². The molecule has 0 saturated carbocycles. The Hall–Kier alpha value is -3.86. The van der Waals surface area contributed by atoms with Gasteiger partial charge in [0.05, 0.1) is 19.2 Å². The van der Waals surface area contributed by atoms with Crippen LogP contribution >= 0.6 is 0 Å². The largest absolute Gasteiger partial charge is 0.497 e. The third-order valence-corrected chi connectivity index (χ3v) is 5.13. The number of para-hydroxylation sites is 1. The number of ether oxygens (including phenoxy) is 1. The zero-order chi connectivity index (χ0) is 21.1. The quantitative estimate of drug-likeness (QED) is 0.626. The molecule has 0 bridgehead atoms. The van der Waals surface area contributed by atoms with Gasteiger partial charge in [-0.3, -0.25) is 14.5 Å². The van der Waals surface area contributed by atoms with E-state index in [1.165, 1.54) is 4.90 Å². The molecule has 1 heterocycles. The summed E-state index contributed by atoms with van der Waals surface area (Å²) in [6, 6.07) is 24.3. The van der Waals surface area contributed by atoms with E-state index in [2.05, 4.69) is 5.32 Å². The normalized spacial score (nSPS) is 13.7. The number of aryl methyl sites for hydroxylation is 1. The highest BCUT2D eigenvalue weighted by molar-refractivity contribution is 6.36. The first-order valence-corrected chi connectivity index (χ1v) is 9.70. The Bertz CT molecular complexity index is 1120. The van der Waals surface area contributed by atoms with E-state index < -0.39 is 0 Å². The Morgan fingerprint density at radius 1 is 0.833 bits per heavy atom. The molecule has 1 aliphatic rings. The molecule has 4 rings (SSSR count). The van der Waals surface area contributed by atoms with E-state index >= 15 is 0 Å². The predicted molar refractivity (Wildman–Crippen MR) is 117 cm³/mol. The highest BCUT2D eigenvalue weighted by atomic mass is 16.5. The topological polar surface area (TPSA) is 58.6 Å². The summed E-state index contributed by atoms with van der Waals surface area (Å²) in [7, 11) is 1.59. The predicted octanol–water partition coefficient (Wildman–Crippen LogP) is 4.40. The fraction of sp³-hybridized carbons (Fsp3) is 0.120. The van der Waals surface area contributed by atoms with E-state index in [9.17, 15) is 9.59 Å². The number of carbonyl (C=O) groups is 2. The van der Waals surface area contributed by atoms with Crippen molar-refractivity contribution in [2.24, 2.45) is 0 Å². The van der Waals surface area contributed by atoms with Gasteiger partial charge < -0.3 is 10.1 Å². The van der Waals surface area contributed by atoms with Gasteiger partial charge in [0.1, 0.15) is 11.4 Å². The average Bonchev–Trinajstić information content (AvgIpc) is 3.00. The van der Waals surface area contributed by atoms with Crippen LogP contribution in [0, 0.1) is 6.92 Å². The van der Waals surface area contributed by atoms with Crippen LogP contribution in [0.1, 0.15) is 16.7 Å². The summed E-state index contributed by atoms with van der Waals surface area (Å²) in [5, 5.41) is 3.22. The lowest BCUT2D eigenvalue weighted by atomic mass is 10.0. The molecule has 0 spiro atoms. The van der Waals surface area contributed by atoms with Crippen LogP contribution in [-0.2, 0) is 16.1 Å². The number of nitrogens with zero attached hydrogens (tertiary/aromatic N) is 1. The van der Waals surface area contributed by atoms with Crippen molar-refractivity contribution in [1.82, 2.24) is 4.90 Å². The number of carbonyl (C=O) groups excluding carboxylic acids is 2. The first-order valence-electron chi connectivity index (χ1n) is 9.70. The standard InChI is InChI=1S/C25H22N2O3/c1-17-8-6-7-11-21(17)26-23-22(19-12-14-20(30-2)15-13-19)24(28)27(25(23)29)16-18-9-4-3-5-10-18/h3-15,26H,16H2,1-2H3. The minimum atomic E-state index is -0.335. The molecule has 0 saturated heterocycles. The van der Waals surface area contributed by atoms with E-state index in [1.54, 1.807) is 31.4 Å². The maximum atomic E-state index is 13.3. The third-order valence-electron chi connectivity index (χ3n) is 5.13. The zero-order valence-corrected chi connectivity index (χ0v) is 16.9. The molecule has 0 radical (unpaired) electrons. The van der Waals surface area contributed by atoms with Gasteiger partial charge in [-0.25, -0.2) is 0 Å². The second kappa shape index (κ2) is 8.25. The Morgan fingerprint density at radius 2 is 1.50 bits per heavy atom. The summed E-state index contributed by atoms with van der Waals surface area (Å²) in [6.07, 6.45) is 0.